The van der Waals surface area contributed by atoms with Crippen molar-refractivity contribution in [1.29, 1.82) is 0 Å². The number of nitrogens with one attached hydrogen (secondary N) is 2. The van der Waals surface area contributed by atoms with Crippen LogP contribution >= 0.6 is 0 Å². The van der Waals surface area contributed by atoms with E-state index < -0.39 is 11.8 Å². The van der Waals surface area contributed by atoms with Gasteiger partial charge in [-0.05, 0) is 60.2 Å². The lowest BCUT2D eigenvalue weighted by Crippen LogP contribution is -2.31. The third-order valence-electron chi connectivity index (χ3n) is 5.09. The molecule has 0 unspecified atom stereocenters. The van der Waals surface area contributed by atoms with Crippen molar-refractivity contribution in [3.63, 3.8) is 0 Å². The Kier molecular flexibility index (Phi) is 4.39. The molecule has 0 spiro atoms. The summed E-state index contributed by atoms with van der Waals surface area (Å²) in [5.74, 6) is -1.34. The number of rotatable bonds is 3. The highest BCUT2D eigenvalue weighted by Crippen LogP contribution is 2.38. The van der Waals surface area contributed by atoms with E-state index in [1.165, 1.54) is 0 Å². The largest absolute Gasteiger partial charge is 0.318 e. The van der Waals surface area contributed by atoms with Gasteiger partial charge in [0.05, 0.1) is 12.1 Å². The van der Waals surface area contributed by atoms with Crippen LogP contribution in [0.4, 0.5) is 17.1 Å². The molecule has 2 aromatic carbocycles. The minimum absolute atomic E-state index is 0.0997. The Morgan fingerprint density at radius 2 is 1.67 bits per heavy atom. The Bertz CT molecular complexity index is 934. The number of hydrogen-bond donors (Lipinski definition) is 2. The highest BCUT2D eigenvalue weighted by molar-refractivity contribution is 6.43. The fraction of sp³-hybridized carbons (Fsp3) is 0.286. The minimum atomic E-state index is -0.723. The van der Waals surface area contributed by atoms with Gasteiger partial charge in [0.2, 0.25) is 5.91 Å². The summed E-state index contributed by atoms with van der Waals surface area (Å²) in [6, 6.07) is 11.1. The van der Waals surface area contributed by atoms with Crippen LogP contribution < -0.4 is 15.5 Å². The van der Waals surface area contributed by atoms with Crippen molar-refractivity contribution in [2.45, 2.75) is 32.6 Å². The van der Waals surface area contributed by atoms with E-state index in [9.17, 15) is 14.4 Å². The first-order chi connectivity index (χ1) is 13.0. The Morgan fingerprint density at radius 1 is 1.00 bits per heavy atom. The molecule has 27 heavy (non-hydrogen) atoms. The molecule has 0 aliphatic carbocycles. The maximum atomic E-state index is 12.3. The molecule has 138 valence electrons. The first-order valence-electron chi connectivity index (χ1n) is 9.22. The van der Waals surface area contributed by atoms with Crippen LogP contribution in [0.1, 0.15) is 30.0 Å². The maximum Gasteiger partial charge on any atom is 0.314 e. The van der Waals surface area contributed by atoms with Crippen LogP contribution in [0.25, 0.3) is 0 Å². The Labute approximate surface area is 157 Å². The number of aryl methyl sites for hydroxylation is 2. The topological polar surface area (TPSA) is 78.5 Å². The van der Waals surface area contributed by atoms with Gasteiger partial charge in [0.25, 0.3) is 0 Å². The number of carbonyl (C=O) groups is 3. The monoisotopic (exact) mass is 363 g/mol. The lowest BCUT2D eigenvalue weighted by molar-refractivity contribution is -0.132. The summed E-state index contributed by atoms with van der Waals surface area (Å²) in [6.45, 7) is 2.81. The number of hydrogen-bond acceptors (Lipinski definition) is 3. The van der Waals surface area contributed by atoms with Gasteiger partial charge in [-0.2, -0.15) is 0 Å². The average Bonchev–Trinajstić information content (AvgIpc) is 2.99. The summed E-state index contributed by atoms with van der Waals surface area (Å²) in [4.78, 5) is 38.4. The molecular weight excluding hydrogens is 342 g/mol. The van der Waals surface area contributed by atoms with Crippen molar-refractivity contribution in [1.82, 2.24) is 0 Å². The van der Waals surface area contributed by atoms with E-state index in [1.807, 2.05) is 23.1 Å². The second-order valence-electron chi connectivity index (χ2n) is 6.93. The summed E-state index contributed by atoms with van der Waals surface area (Å²) in [7, 11) is 0. The van der Waals surface area contributed by atoms with Crippen LogP contribution in [0.3, 0.4) is 0 Å². The molecule has 3 amide bonds. The molecule has 0 bridgehead atoms. The third-order valence-corrected chi connectivity index (χ3v) is 5.09. The molecule has 6 heteroatoms. The zero-order valence-corrected chi connectivity index (χ0v) is 15.2. The lowest BCUT2D eigenvalue weighted by atomic mass is 9.99. The second-order valence-corrected chi connectivity index (χ2v) is 6.93. The first-order valence-corrected chi connectivity index (χ1v) is 9.22. The number of benzene rings is 2. The summed E-state index contributed by atoms with van der Waals surface area (Å²) in [5.41, 5.74) is 5.26. The third kappa shape index (κ3) is 3.30. The zero-order chi connectivity index (χ0) is 19.0. The van der Waals surface area contributed by atoms with Crippen molar-refractivity contribution >= 4 is 34.8 Å². The van der Waals surface area contributed by atoms with Gasteiger partial charge in [0, 0.05) is 17.9 Å². The van der Waals surface area contributed by atoms with E-state index in [0.717, 1.165) is 48.2 Å². The van der Waals surface area contributed by atoms with Gasteiger partial charge in [0.15, 0.2) is 0 Å². The molecular formula is C21H21N3O3. The lowest BCUT2D eigenvalue weighted by Gasteiger charge is -2.26. The Hall–Kier alpha value is -3.15. The van der Waals surface area contributed by atoms with Crippen molar-refractivity contribution in [2.24, 2.45) is 0 Å². The van der Waals surface area contributed by atoms with Gasteiger partial charge in [-0.15, -0.1) is 0 Å². The van der Waals surface area contributed by atoms with Gasteiger partial charge in [-0.25, -0.2) is 0 Å². The van der Waals surface area contributed by atoms with E-state index in [0.29, 0.717) is 17.8 Å². The molecule has 0 saturated heterocycles. The average molecular weight is 363 g/mol. The first kappa shape index (κ1) is 17.3. The fourth-order valence-corrected chi connectivity index (χ4v) is 3.75. The van der Waals surface area contributed by atoms with Crippen molar-refractivity contribution in [3.05, 3.63) is 53.1 Å². The molecule has 2 aliphatic rings. The van der Waals surface area contributed by atoms with E-state index in [2.05, 4.69) is 17.6 Å². The number of carbonyl (C=O) groups excluding carboxylic acids is 3. The smallest absolute Gasteiger partial charge is 0.314 e. The predicted octanol–water partition coefficient (Wildman–Crippen LogP) is 2.66. The van der Waals surface area contributed by atoms with E-state index in [4.69, 9.17) is 0 Å². The zero-order valence-electron chi connectivity index (χ0n) is 15.2. The predicted molar refractivity (Wildman–Crippen MR) is 104 cm³/mol. The van der Waals surface area contributed by atoms with Crippen molar-refractivity contribution in [2.75, 3.05) is 22.1 Å². The van der Waals surface area contributed by atoms with Gasteiger partial charge >= 0.3 is 11.8 Å². The molecule has 0 saturated carbocycles. The van der Waals surface area contributed by atoms with Gasteiger partial charge in [-0.1, -0.05) is 19.1 Å². The molecule has 2 heterocycles. The van der Waals surface area contributed by atoms with Crippen LogP contribution in [0.15, 0.2) is 36.4 Å². The Morgan fingerprint density at radius 3 is 2.37 bits per heavy atom. The Balaban J connectivity index is 1.47. The van der Waals surface area contributed by atoms with E-state index >= 15 is 0 Å². The van der Waals surface area contributed by atoms with Crippen LogP contribution in [0.5, 0.6) is 0 Å². The molecule has 0 radical (unpaired) electrons. The van der Waals surface area contributed by atoms with Crippen molar-refractivity contribution < 1.29 is 14.4 Å². The standard InChI is InChI=1S/C21H21N3O3/c1-2-13-5-7-16(8-6-13)22-20(26)21(27)23-17-10-14-4-3-9-24-18(25)12-15(11-17)19(14)24/h5-8,10-11H,2-4,9,12H2,1H3,(H,22,26)(H,23,27). The molecule has 2 aromatic rings. The van der Waals surface area contributed by atoms with E-state index in [1.54, 1.807) is 18.2 Å². The highest BCUT2D eigenvalue weighted by Gasteiger charge is 2.32. The number of amides is 3. The molecule has 0 atom stereocenters. The van der Waals surface area contributed by atoms with Crippen LogP contribution in [-0.2, 0) is 33.6 Å². The summed E-state index contributed by atoms with van der Waals surface area (Å²) in [6.07, 6.45) is 3.03. The molecule has 0 aromatic heterocycles. The molecule has 0 fully saturated rings. The number of anilines is 3. The normalized spacial score (nSPS) is 14.7. The van der Waals surface area contributed by atoms with Gasteiger partial charge in [0.1, 0.15) is 0 Å². The quantitative estimate of drug-likeness (QED) is 0.823. The van der Waals surface area contributed by atoms with Crippen molar-refractivity contribution in [3.8, 4) is 0 Å². The van der Waals surface area contributed by atoms with Crippen LogP contribution in [0.2, 0.25) is 0 Å². The van der Waals surface area contributed by atoms with E-state index in [-0.39, 0.29) is 5.91 Å². The molecule has 2 aliphatic heterocycles. The molecule has 2 N–H and O–H groups in total. The van der Waals surface area contributed by atoms with Gasteiger partial charge in [-0.3, -0.25) is 14.4 Å². The SMILES string of the molecule is CCc1ccc(NC(=O)C(=O)Nc2cc3c4c(c2)CC(=O)N4CCC3)cc1. The summed E-state index contributed by atoms with van der Waals surface area (Å²) in [5, 5.41) is 5.27. The van der Waals surface area contributed by atoms with Crippen LogP contribution in [-0.4, -0.2) is 24.3 Å². The van der Waals surface area contributed by atoms with Gasteiger partial charge < -0.3 is 15.5 Å². The highest BCUT2D eigenvalue weighted by atomic mass is 16.2. The summed E-state index contributed by atoms with van der Waals surface area (Å²) >= 11 is 0. The maximum absolute atomic E-state index is 12.3. The van der Waals surface area contributed by atoms with Crippen LogP contribution in [0, 0.1) is 0 Å². The summed E-state index contributed by atoms with van der Waals surface area (Å²) < 4.78 is 0. The minimum Gasteiger partial charge on any atom is -0.318 e. The second kappa shape index (κ2) is 6.87. The number of nitrogens with zero attached hydrogens (tertiary/aromatic N) is 1. The molecule has 4 rings (SSSR count). The molecule has 6 nitrogen and oxygen atoms in total. The fourth-order valence-electron chi connectivity index (χ4n) is 3.75.